The first-order valence-electron chi connectivity index (χ1n) is 10.9. The molecule has 2 amide bonds. The molecule has 0 heterocycles. The second kappa shape index (κ2) is 13.2. The predicted molar refractivity (Wildman–Crippen MR) is 141 cm³/mol. The average molecular weight is 550 g/mol. The van der Waals surface area contributed by atoms with Gasteiger partial charge in [0, 0.05) is 34.3 Å². The zero-order valence-electron chi connectivity index (χ0n) is 19.3. The number of rotatable bonds is 10. The number of ether oxygens (including phenoxy) is 2. The molecule has 0 atom stereocenters. The Balaban J connectivity index is 1.35. The third-order valence-corrected chi connectivity index (χ3v) is 5.65. The first-order valence-corrected chi connectivity index (χ1v) is 12.1. The molecule has 0 aliphatic carbocycles. The van der Waals surface area contributed by atoms with E-state index in [1.807, 2.05) is 6.92 Å². The largest absolute Gasteiger partial charge is 0.456 e. The Bertz CT molecular complexity index is 1250. The van der Waals surface area contributed by atoms with Gasteiger partial charge in [-0.3, -0.25) is 14.4 Å². The molecule has 0 saturated carbocycles. The van der Waals surface area contributed by atoms with Crippen molar-refractivity contribution in [3.63, 3.8) is 0 Å². The Morgan fingerprint density at radius 1 is 0.806 bits per heavy atom. The van der Waals surface area contributed by atoms with Gasteiger partial charge in [0.1, 0.15) is 11.5 Å². The van der Waals surface area contributed by atoms with Gasteiger partial charge in [0.05, 0.1) is 5.02 Å². The lowest BCUT2D eigenvalue weighted by atomic mass is 10.2. The molecule has 3 aromatic rings. The summed E-state index contributed by atoms with van der Waals surface area (Å²) in [5.74, 6) is -0.303. The van der Waals surface area contributed by atoms with Crippen molar-refractivity contribution < 1.29 is 23.9 Å². The van der Waals surface area contributed by atoms with E-state index in [2.05, 4.69) is 10.6 Å². The molecule has 0 aliphatic rings. The van der Waals surface area contributed by atoms with Crippen LogP contribution in [0.15, 0.2) is 60.7 Å². The molecule has 0 unspecified atom stereocenters. The molecule has 0 radical (unpaired) electrons. The minimum absolute atomic E-state index is 0.00548. The summed E-state index contributed by atoms with van der Waals surface area (Å²) in [7, 11) is 0. The van der Waals surface area contributed by atoms with Gasteiger partial charge in [-0.2, -0.15) is 0 Å². The molecular weight excluding hydrogens is 527 g/mol. The van der Waals surface area contributed by atoms with E-state index in [0.717, 1.165) is 5.56 Å². The Labute approximate surface area is 223 Å². The van der Waals surface area contributed by atoms with E-state index >= 15 is 0 Å². The molecule has 2 N–H and O–H groups in total. The smallest absolute Gasteiger partial charge is 0.306 e. The summed E-state index contributed by atoms with van der Waals surface area (Å²) in [6, 6.07) is 16.8. The minimum atomic E-state index is -0.567. The molecule has 0 bridgehead atoms. The Morgan fingerprint density at radius 3 is 2.22 bits per heavy atom. The van der Waals surface area contributed by atoms with Gasteiger partial charge in [0.15, 0.2) is 6.61 Å². The first kappa shape index (κ1) is 27.3. The van der Waals surface area contributed by atoms with Gasteiger partial charge < -0.3 is 20.1 Å². The average Bonchev–Trinajstić information content (AvgIpc) is 2.83. The number of benzene rings is 3. The van der Waals surface area contributed by atoms with Crippen LogP contribution in [0.4, 0.5) is 11.4 Å². The van der Waals surface area contributed by atoms with Crippen LogP contribution in [0.2, 0.25) is 15.1 Å². The number of carbonyl (C=O) groups is 3. The van der Waals surface area contributed by atoms with E-state index in [4.69, 9.17) is 44.3 Å². The molecular formula is C26H23Cl3N2O5. The number of anilines is 2. The van der Waals surface area contributed by atoms with Gasteiger partial charge >= 0.3 is 5.97 Å². The van der Waals surface area contributed by atoms with Gasteiger partial charge in [-0.1, -0.05) is 40.9 Å². The second-order valence-corrected chi connectivity index (χ2v) is 9.05. The molecule has 10 heteroatoms. The molecule has 188 valence electrons. The van der Waals surface area contributed by atoms with Crippen molar-refractivity contribution in [1.82, 2.24) is 0 Å². The maximum absolute atomic E-state index is 12.2. The lowest BCUT2D eigenvalue weighted by molar-refractivity contribution is -0.147. The van der Waals surface area contributed by atoms with Gasteiger partial charge in [-0.15, -0.1) is 0 Å². The summed E-state index contributed by atoms with van der Waals surface area (Å²) in [5.41, 5.74) is 1.96. The molecule has 7 nitrogen and oxygen atoms in total. The third kappa shape index (κ3) is 8.75. The highest BCUT2D eigenvalue weighted by Gasteiger charge is 2.11. The number of hydrogen-bond donors (Lipinski definition) is 2. The number of carbonyl (C=O) groups excluding carboxylic acids is 3. The van der Waals surface area contributed by atoms with Crippen LogP contribution in [0, 0.1) is 6.92 Å². The van der Waals surface area contributed by atoms with Crippen molar-refractivity contribution >= 4 is 64.0 Å². The molecule has 3 aromatic carbocycles. The number of hydrogen-bond acceptors (Lipinski definition) is 5. The Morgan fingerprint density at radius 2 is 1.50 bits per heavy atom. The maximum atomic E-state index is 12.2. The van der Waals surface area contributed by atoms with E-state index in [1.165, 1.54) is 0 Å². The highest BCUT2D eigenvalue weighted by atomic mass is 35.5. The molecule has 0 aromatic heterocycles. The standard InChI is InChI=1S/C26H23Cl3N2O5/c1-16-5-6-18(28)14-22(16)31-25(33)15-35-26(34)4-2-3-24(32)30-19-8-10-20(11-9-19)36-23-12-7-17(27)13-21(23)29/h5-14H,2-4,15H2,1H3,(H,30,32)(H,31,33). The third-order valence-electron chi connectivity index (χ3n) is 4.88. The van der Waals surface area contributed by atoms with Gasteiger partial charge in [0.2, 0.25) is 5.91 Å². The molecule has 0 aliphatic heterocycles. The normalized spacial score (nSPS) is 10.4. The summed E-state index contributed by atoms with van der Waals surface area (Å²) in [6.45, 7) is 1.40. The van der Waals surface area contributed by atoms with Crippen LogP contribution in [0.5, 0.6) is 11.5 Å². The predicted octanol–water partition coefficient (Wildman–Crippen LogP) is 7.04. The molecule has 3 rings (SSSR count). The number of esters is 1. The Kier molecular flexibility index (Phi) is 9.99. The van der Waals surface area contributed by atoms with E-state index in [1.54, 1.807) is 60.7 Å². The fourth-order valence-corrected chi connectivity index (χ4v) is 3.66. The van der Waals surface area contributed by atoms with Crippen molar-refractivity contribution in [2.75, 3.05) is 17.2 Å². The topological polar surface area (TPSA) is 93.7 Å². The van der Waals surface area contributed by atoms with Crippen molar-refractivity contribution in [3.05, 3.63) is 81.3 Å². The zero-order chi connectivity index (χ0) is 26.1. The first-order chi connectivity index (χ1) is 17.2. The van der Waals surface area contributed by atoms with E-state index in [0.29, 0.717) is 37.9 Å². The summed E-state index contributed by atoms with van der Waals surface area (Å²) in [6.07, 6.45) is 0.392. The molecule has 0 spiro atoms. The minimum Gasteiger partial charge on any atom is -0.456 e. The van der Waals surface area contributed by atoms with Crippen molar-refractivity contribution in [2.45, 2.75) is 26.2 Å². The quantitative estimate of drug-likeness (QED) is 0.265. The van der Waals surface area contributed by atoms with Crippen LogP contribution >= 0.6 is 34.8 Å². The fraction of sp³-hybridized carbons (Fsp3) is 0.192. The lowest BCUT2D eigenvalue weighted by Gasteiger charge is -2.10. The van der Waals surface area contributed by atoms with E-state index in [-0.39, 0.29) is 25.2 Å². The summed E-state index contributed by atoms with van der Waals surface area (Å²) < 4.78 is 10.7. The molecule has 36 heavy (non-hydrogen) atoms. The SMILES string of the molecule is Cc1ccc(Cl)cc1NC(=O)COC(=O)CCCC(=O)Nc1ccc(Oc2ccc(Cl)cc2Cl)cc1. The number of aryl methyl sites for hydroxylation is 1. The highest BCUT2D eigenvalue weighted by molar-refractivity contribution is 6.35. The summed E-state index contributed by atoms with van der Waals surface area (Å²) in [5, 5.41) is 6.77. The summed E-state index contributed by atoms with van der Waals surface area (Å²) in [4.78, 5) is 36.1. The number of nitrogens with one attached hydrogen (secondary N) is 2. The van der Waals surface area contributed by atoms with Gasteiger partial charge in [0.25, 0.3) is 5.91 Å². The maximum Gasteiger partial charge on any atom is 0.306 e. The van der Waals surface area contributed by atoms with E-state index < -0.39 is 18.5 Å². The highest BCUT2D eigenvalue weighted by Crippen LogP contribution is 2.32. The van der Waals surface area contributed by atoms with E-state index in [9.17, 15) is 14.4 Å². The van der Waals surface area contributed by atoms with Gasteiger partial charge in [-0.05, 0) is 73.5 Å². The summed E-state index contributed by atoms with van der Waals surface area (Å²) >= 11 is 17.9. The monoisotopic (exact) mass is 548 g/mol. The van der Waals surface area contributed by atoms with Crippen LogP contribution in [0.25, 0.3) is 0 Å². The molecule has 0 saturated heterocycles. The number of amides is 2. The van der Waals surface area contributed by atoms with Crippen molar-refractivity contribution in [1.29, 1.82) is 0 Å². The Hall–Kier alpha value is -3.26. The fourth-order valence-electron chi connectivity index (χ4n) is 3.04. The van der Waals surface area contributed by atoms with Crippen LogP contribution in [-0.4, -0.2) is 24.4 Å². The van der Waals surface area contributed by atoms with Crippen molar-refractivity contribution in [2.24, 2.45) is 0 Å². The van der Waals surface area contributed by atoms with Crippen LogP contribution < -0.4 is 15.4 Å². The van der Waals surface area contributed by atoms with Crippen LogP contribution in [0.3, 0.4) is 0 Å². The van der Waals surface area contributed by atoms with Crippen molar-refractivity contribution in [3.8, 4) is 11.5 Å². The van der Waals surface area contributed by atoms with Crippen LogP contribution in [-0.2, 0) is 19.1 Å². The lowest BCUT2D eigenvalue weighted by Crippen LogP contribution is -2.21. The second-order valence-electron chi connectivity index (χ2n) is 7.77. The molecule has 0 fully saturated rings. The zero-order valence-corrected chi connectivity index (χ0v) is 21.5. The number of halogens is 3. The van der Waals surface area contributed by atoms with Gasteiger partial charge in [-0.25, -0.2) is 0 Å². The van der Waals surface area contributed by atoms with Crippen LogP contribution in [0.1, 0.15) is 24.8 Å².